The fraction of sp³-hybridized carbons (Fsp3) is 0.435. The zero-order chi connectivity index (χ0) is 23.5. The molecule has 0 aliphatic carbocycles. The summed E-state index contributed by atoms with van der Waals surface area (Å²) in [7, 11) is 1.58. The molecule has 0 bridgehead atoms. The maximum absolute atomic E-state index is 13.1. The summed E-state index contributed by atoms with van der Waals surface area (Å²) < 4.78 is 7.01. The van der Waals surface area contributed by atoms with Crippen molar-refractivity contribution in [1.82, 2.24) is 24.5 Å². The van der Waals surface area contributed by atoms with Crippen LogP contribution in [0.2, 0.25) is 0 Å². The summed E-state index contributed by atoms with van der Waals surface area (Å²) in [6.07, 6.45) is 3.43. The number of nitrogens with zero attached hydrogens (tertiary/aromatic N) is 5. The van der Waals surface area contributed by atoms with Crippen molar-refractivity contribution >= 4 is 35.0 Å². The monoisotopic (exact) mass is 468 g/mol. The fourth-order valence-corrected chi connectivity index (χ4v) is 4.51. The Morgan fingerprint density at radius 2 is 1.91 bits per heavy atom. The van der Waals surface area contributed by atoms with Crippen molar-refractivity contribution in [3.8, 4) is 5.75 Å². The number of ether oxygens (including phenoxy) is 1. The highest BCUT2D eigenvalue weighted by molar-refractivity contribution is 7.98. The second-order valence-corrected chi connectivity index (χ2v) is 8.87. The van der Waals surface area contributed by atoms with Crippen LogP contribution < -0.4 is 10.1 Å². The van der Waals surface area contributed by atoms with E-state index in [4.69, 9.17) is 4.74 Å². The Hall–Kier alpha value is -3.14. The van der Waals surface area contributed by atoms with E-state index in [9.17, 15) is 9.59 Å². The number of methoxy groups -OCH3 is 1. The standard InChI is InChI=1S/C23H28N6O3S/c1-14-17(15(2)29-22(24-14)26-23(27-29)33-4)13-20(30)28-11-9-16(10-12-28)21(31)25-18-7-5-6-8-19(18)32-3/h5-8,16H,9-13H2,1-4H3,(H,25,31). The highest BCUT2D eigenvalue weighted by atomic mass is 32.2. The Morgan fingerprint density at radius 3 is 2.61 bits per heavy atom. The number of thioether (sulfide) groups is 1. The summed E-state index contributed by atoms with van der Waals surface area (Å²) in [6.45, 7) is 4.95. The summed E-state index contributed by atoms with van der Waals surface area (Å²) in [5.41, 5.74) is 3.21. The zero-order valence-electron chi connectivity index (χ0n) is 19.3. The smallest absolute Gasteiger partial charge is 0.253 e. The van der Waals surface area contributed by atoms with E-state index in [-0.39, 0.29) is 24.2 Å². The Bertz CT molecular complexity index is 1190. The molecule has 3 heterocycles. The average Bonchev–Trinajstić information content (AvgIpc) is 3.25. The topological polar surface area (TPSA) is 102 Å². The summed E-state index contributed by atoms with van der Waals surface area (Å²) >= 11 is 1.46. The van der Waals surface area contributed by atoms with Gasteiger partial charge in [-0.05, 0) is 45.1 Å². The van der Waals surface area contributed by atoms with Crippen LogP contribution in [0.4, 0.5) is 5.69 Å². The molecule has 174 valence electrons. The molecular weight excluding hydrogens is 440 g/mol. The molecule has 1 fully saturated rings. The van der Waals surface area contributed by atoms with E-state index < -0.39 is 0 Å². The van der Waals surface area contributed by atoms with Gasteiger partial charge in [-0.2, -0.15) is 4.98 Å². The van der Waals surface area contributed by atoms with Crippen LogP contribution in [0.25, 0.3) is 5.78 Å². The maximum atomic E-state index is 13.1. The number of carbonyl (C=O) groups is 2. The number of aromatic nitrogens is 4. The van der Waals surface area contributed by atoms with E-state index in [1.165, 1.54) is 11.8 Å². The highest BCUT2D eigenvalue weighted by Gasteiger charge is 2.28. The molecule has 0 unspecified atom stereocenters. The van der Waals surface area contributed by atoms with Gasteiger partial charge in [0.25, 0.3) is 5.78 Å². The molecule has 4 rings (SSSR count). The minimum atomic E-state index is -0.138. The third-order valence-electron chi connectivity index (χ3n) is 6.12. The number of piperidine rings is 1. The van der Waals surface area contributed by atoms with E-state index in [0.717, 1.165) is 17.0 Å². The second-order valence-electron chi connectivity index (χ2n) is 8.09. The Labute approximate surface area is 196 Å². The molecule has 1 aliphatic rings. The molecule has 2 aromatic heterocycles. The number of aryl methyl sites for hydroxylation is 2. The van der Waals surface area contributed by atoms with Crippen molar-refractivity contribution in [3.05, 3.63) is 41.2 Å². The number of fused-ring (bicyclic) bond motifs is 1. The van der Waals surface area contributed by atoms with Gasteiger partial charge < -0.3 is 15.0 Å². The number of hydrogen-bond donors (Lipinski definition) is 1. The van der Waals surface area contributed by atoms with Crippen LogP contribution in [0.3, 0.4) is 0 Å². The van der Waals surface area contributed by atoms with Crippen molar-refractivity contribution in [3.63, 3.8) is 0 Å². The first-order valence-electron chi connectivity index (χ1n) is 10.9. The summed E-state index contributed by atoms with van der Waals surface area (Å²) in [5, 5.41) is 8.07. The zero-order valence-corrected chi connectivity index (χ0v) is 20.1. The molecule has 0 spiro atoms. The molecule has 1 aliphatic heterocycles. The van der Waals surface area contributed by atoms with Gasteiger partial charge in [0.2, 0.25) is 17.0 Å². The number of hydrogen-bond acceptors (Lipinski definition) is 7. The normalized spacial score (nSPS) is 14.5. The van der Waals surface area contributed by atoms with Crippen molar-refractivity contribution in [2.45, 2.75) is 38.3 Å². The number of benzene rings is 1. The highest BCUT2D eigenvalue weighted by Crippen LogP contribution is 2.26. The number of rotatable bonds is 6. The maximum Gasteiger partial charge on any atom is 0.253 e. The Balaban J connectivity index is 1.38. The van der Waals surface area contributed by atoms with E-state index >= 15 is 0 Å². The number of carbonyl (C=O) groups excluding carboxylic acids is 2. The van der Waals surface area contributed by atoms with Gasteiger partial charge in [0.05, 0.1) is 19.2 Å². The van der Waals surface area contributed by atoms with E-state index in [1.54, 1.807) is 11.6 Å². The number of anilines is 1. The first kappa shape index (κ1) is 23.0. The SMILES string of the molecule is COc1ccccc1NC(=O)C1CCN(C(=O)Cc2c(C)nc3nc(SC)nn3c2C)CC1. The minimum absolute atomic E-state index is 0.0381. The van der Waals surface area contributed by atoms with E-state index in [0.29, 0.717) is 48.3 Å². The van der Waals surface area contributed by atoms with Crippen molar-refractivity contribution in [1.29, 1.82) is 0 Å². The van der Waals surface area contributed by atoms with Gasteiger partial charge in [-0.1, -0.05) is 23.9 Å². The number of amides is 2. The lowest BCUT2D eigenvalue weighted by molar-refractivity contribution is -0.133. The average molecular weight is 469 g/mol. The Kier molecular flexibility index (Phi) is 6.83. The fourth-order valence-electron chi connectivity index (χ4n) is 4.17. The van der Waals surface area contributed by atoms with Gasteiger partial charge in [-0.15, -0.1) is 5.10 Å². The first-order chi connectivity index (χ1) is 15.9. The molecule has 1 N–H and O–H groups in total. The van der Waals surface area contributed by atoms with Crippen LogP contribution >= 0.6 is 11.8 Å². The number of nitrogens with one attached hydrogen (secondary N) is 1. The lowest BCUT2D eigenvalue weighted by atomic mass is 9.95. The van der Waals surface area contributed by atoms with Gasteiger partial charge >= 0.3 is 0 Å². The number of para-hydroxylation sites is 2. The van der Waals surface area contributed by atoms with Crippen molar-refractivity contribution < 1.29 is 14.3 Å². The molecular formula is C23H28N6O3S. The molecule has 0 atom stereocenters. The second kappa shape index (κ2) is 9.78. The van der Waals surface area contributed by atoms with Crippen molar-refractivity contribution in [2.24, 2.45) is 5.92 Å². The van der Waals surface area contributed by atoms with Crippen LogP contribution in [0.5, 0.6) is 5.75 Å². The van der Waals surface area contributed by atoms with Gasteiger partial charge in [-0.25, -0.2) is 9.50 Å². The summed E-state index contributed by atoms with van der Waals surface area (Å²) in [4.78, 5) is 36.6. The van der Waals surface area contributed by atoms with Crippen LogP contribution in [0, 0.1) is 19.8 Å². The van der Waals surface area contributed by atoms with Crippen molar-refractivity contribution in [2.75, 3.05) is 31.8 Å². The predicted molar refractivity (Wildman–Crippen MR) is 127 cm³/mol. The molecule has 9 nitrogen and oxygen atoms in total. The molecule has 33 heavy (non-hydrogen) atoms. The minimum Gasteiger partial charge on any atom is -0.495 e. The number of likely N-dealkylation sites (tertiary alicyclic amines) is 1. The van der Waals surface area contributed by atoms with Crippen LogP contribution in [0.15, 0.2) is 29.4 Å². The van der Waals surface area contributed by atoms with E-state index in [1.807, 2.05) is 49.3 Å². The molecule has 1 saturated heterocycles. The van der Waals surface area contributed by atoms with Gasteiger partial charge in [0, 0.05) is 36.0 Å². The molecule has 1 aromatic carbocycles. The molecule has 0 saturated carbocycles. The molecule has 3 aromatic rings. The molecule has 10 heteroatoms. The van der Waals surface area contributed by atoms with Gasteiger partial charge in [0.1, 0.15) is 5.75 Å². The van der Waals surface area contributed by atoms with E-state index in [2.05, 4.69) is 20.4 Å². The van der Waals surface area contributed by atoms with Crippen LogP contribution in [0.1, 0.15) is 29.8 Å². The van der Waals surface area contributed by atoms with Gasteiger partial charge in [0.15, 0.2) is 0 Å². The Morgan fingerprint density at radius 1 is 1.18 bits per heavy atom. The first-order valence-corrected chi connectivity index (χ1v) is 12.1. The lowest BCUT2D eigenvalue weighted by Gasteiger charge is -2.31. The predicted octanol–water partition coefficient (Wildman–Crippen LogP) is 2.89. The van der Waals surface area contributed by atoms with Gasteiger partial charge in [-0.3, -0.25) is 9.59 Å². The molecule has 0 radical (unpaired) electrons. The van der Waals surface area contributed by atoms with Crippen LogP contribution in [-0.2, 0) is 16.0 Å². The molecule has 2 amide bonds. The quantitative estimate of drug-likeness (QED) is 0.555. The largest absolute Gasteiger partial charge is 0.495 e. The third-order valence-corrected chi connectivity index (χ3v) is 6.66. The summed E-state index contributed by atoms with van der Waals surface area (Å²) in [5.74, 6) is 1.04. The summed E-state index contributed by atoms with van der Waals surface area (Å²) in [6, 6.07) is 7.35. The third kappa shape index (κ3) is 4.80. The van der Waals surface area contributed by atoms with Crippen LogP contribution in [-0.4, -0.2) is 62.8 Å². The lowest BCUT2D eigenvalue weighted by Crippen LogP contribution is -2.42.